The van der Waals surface area contributed by atoms with E-state index in [1.54, 1.807) is 0 Å². The quantitative estimate of drug-likeness (QED) is 0.658. The molecule has 1 aliphatic rings. The number of fused-ring (bicyclic) bond motifs is 2. The van der Waals surface area contributed by atoms with Gasteiger partial charge in [-0.05, 0) is 31.2 Å². The van der Waals surface area contributed by atoms with Gasteiger partial charge in [-0.3, -0.25) is 0 Å². The van der Waals surface area contributed by atoms with E-state index in [1.807, 2.05) is 18.7 Å². The van der Waals surface area contributed by atoms with Gasteiger partial charge in [0.2, 0.25) is 0 Å². The van der Waals surface area contributed by atoms with E-state index in [-0.39, 0.29) is 0 Å². The van der Waals surface area contributed by atoms with E-state index in [9.17, 15) is 0 Å². The summed E-state index contributed by atoms with van der Waals surface area (Å²) in [6, 6.07) is 16.9. The van der Waals surface area contributed by atoms with Gasteiger partial charge in [-0.2, -0.15) is 0 Å². The highest BCUT2D eigenvalue weighted by molar-refractivity contribution is 7.99. The first-order valence-electron chi connectivity index (χ1n) is 5.84. The summed E-state index contributed by atoms with van der Waals surface area (Å²) in [5.41, 5.74) is 6.43. The molecule has 0 saturated heterocycles. The molecule has 0 saturated carbocycles. The number of hydrogen-bond acceptors (Lipinski definition) is 2. The van der Waals surface area contributed by atoms with Gasteiger partial charge >= 0.3 is 0 Å². The van der Waals surface area contributed by atoms with Crippen molar-refractivity contribution in [1.29, 1.82) is 0 Å². The van der Waals surface area contributed by atoms with Crippen LogP contribution in [0.2, 0.25) is 0 Å². The number of para-hydroxylation sites is 2. The lowest BCUT2D eigenvalue weighted by Gasteiger charge is -2.32. The lowest BCUT2D eigenvalue weighted by Crippen LogP contribution is -2.17. The maximum absolute atomic E-state index is 3.77. The van der Waals surface area contributed by atoms with Gasteiger partial charge in [0.15, 0.2) is 0 Å². The Bertz CT molecular complexity index is 608. The smallest absolute Gasteiger partial charge is 0.0619 e. The second-order valence-electron chi connectivity index (χ2n) is 4.14. The molecule has 2 heteroatoms. The molecule has 0 radical (unpaired) electrons. The van der Waals surface area contributed by atoms with Crippen LogP contribution in [0.4, 0.5) is 11.4 Å². The van der Waals surface area contributed by atoms with Crippen LogP contribution in [0.5, 0.6) is 0 Å². The van der Waals surface area contributed by atoms with Crippen LogP contribution in [0.15, 0.2) is 76.3 Å². The van der Waals surface area contributed by atoms with Crippen molar-refractivity contribution in [3.63, 3.8) is 0 Å². The van der Waals surface area contributed by atoms with Crippen molar-refractivity contribution in [2.75, 3.05) is 4.90 Å². The Morgan fingerprint density at radius 2 is 1.50 bits per heavy atom. The third-order valence-corrected chi connectivity index (χ3v) is 4.15. The summed E-state index contributed by atoms with van der Waals surface area (Å²) in [4.78, 5) is 4.75. The van der Waals surface area contributed by atoms with Crippen molar-refractivity contribution < 1.29 is 0 Å². The summed E-state index contributed by atoms with van der Waals surface area (Å²) in [5.74, 6) is 0. The second kappa shape index (κ2) is 4.41. The molecule has 0 amide bonds. The van der Waals surface area contributed by atoms with Gasteiger partial charge in [0, 0.05) is 9.79 Å². The van der Waals surface area contributed by atoms with Crippen LogP contribution in [0.3, 0.4) is 0 Å². The SMILES string of the molecule is C=C=C(C)N1c2ccccc2Sc2ccccc21. The number of anilines is 2. The molecule has 0 fully saturated rings. The van der Waals surface area contributed by atoms with Crippen molar-refractivity contribution in [2.24, 2.45) is 0 Å². The first-order valence-corrected chi connectivity index (χ1v) is 6.65. The summed E-state index contributed by atoms with van der Waals surface area (Å²) in [6.45, 7) is 5.81. The molecule has 0 aromatic heterocycles. The predicted molar refractivity (Wildman–Crippen MR) is 77.5 cm³/mol. The zero-order valence-corrected chi connectivity index (χ0v) is 11.0. The number of benzene rings is 2. The van der Waals surface area contributed by atoms with Crippen molar-refractivity contribution >= 4 is 23.1 Å². The molecule has 0 spiro atoms. The van der Waals surface area contributed by atoms with Gasteiger partial charge in [0.25, 0.3) is 0 Å². The summed E-state index contributed by atoms with van der Waals surface area (Å²) < 4.78 is 0. The Balaban J connectivity index is 2.27. The summed E-state index contributed by atoms with van der Waals surface area (Å²) in [7, 11) is 0. The maximum atomic E-state index is 3.77. The molecule has 0 bridgehead atoms. The fourth-order valence-corrected chi connectivity index (χ4v) is 3.20. The highest BCUT2D eigenvalue weighted by Gasteiger charge is 2.23. The van der Waals surface area contributed by atoms with Crippen LogP contribution >= 0.6 is 11.8 Å². The lowest BCUT2D eigenvalue weighted by atomic mass is 10.2. The van der Waals surface area contributed by atoms with Crippen LogP contribution in [0, 0.1) is 0 Å². The van der Waals surface area contributed by atoms with E-state index in [1.165, 1.54) is 21.2 Å². The van der Waals surface area contributed by atoms with E-state index in [4.69, 9.17) is 0 Å². The molecule has 3 rings (SSSR count). The molecule has 1 heterocycles. The summed E-state index contributed by atoms with van der Waals surface area (Å²) >= 11 is 1.81. The maximum Gasteiger partial charge on any atom is 0.0619 e. The Morgan fingerprint density at radius 3 is 2.00 bits per heavy atom. The molecular weight excluding hydrogens is 238 g/mol. The molecule has 2 aromatic carbocycles. The molecule has 0 N–H and O–H groups in total. The Morgan fingerprint density at radius 1 is 1.00 bits per heavy atom. The van der Waals surface area contributed by atoms with Gasteiger partial charge in [0.05, 0.1) is 17.1 Å². The summed E-state index contributed by atoms with van der Waals surface area (Å²) in [5, 5.41) is 0. The number of rotatable bonds is 1. The third-order valence-electron chi connectivity index (χ3n) is 3.02. The van der Waals surface area contributed by atoms with Crippen molar-refractivity contribution in [1.82, 2.24) is 0 Å². The monoisotopic (exact) mass is 251 g/mol. The Kier molecular flexibility index (Phi) is 2.75. The zero-order valence-electron chi connectivity index (χ0n) is 10.2. The third kappa shape index (κ3) is 1.67. The standard InChI is InChI=1S/C16H13NS/c1-3-12(2)17-13-8-4-6-10-15(13)18-16-11-7-5-9-14(16)17/h4-11H,1H2,2H3. The Hall–Kier alpha value is -1.89. The molecule has 1 nitrogen and oxygen atoms in total. The van der Waals surface area contributed by atoms with E-state index >= 15 is 0 Å². The molecule has 0 unspecified atom stereocenters. The van der Waals surface area contributed by atoms with Crippen LogP contribution < -0.4 is 4.90 Å². The molecule has 0 atom stereocenters. The molecule has 0 aliphatic carbocycles. The van der Waals surface area contributed by atoms with Gasteiger partial charge in [-0.15, -0.1) is 5.73 Å². The van der Waals surface area contributed by atoms with Crippen LogP contribution in [0.25, 0.3) is 0 Å². The molecule has 1 aliphatic heterocycles. The van der Waals surface area contributed by atoms with Gasteiger partial charge in [-0.25, -0.2) is 0 Å². The topological polar surface area (TPSA) is 3.24 Å². The van der Waals surface area contributed by atoms with Crippen molar-refractivity contribution in [3.05, 3.63) is 66.5 Å². The number of hydrogen-bond donors (Lipinski definition) is 0. The highest BCUT2D eigenvalue weighted by atomic mass is 32.2. The minimum atomic E-state index is 1.02. The Labute approximate surface area is 111 Å². The number of nitrogens with zero attached hydrogens (tertiary/aromatic N) is 1. The largest absolute Gasteiger partial charge is 0.305 e. The average molecular weight is 251 g/mol. The number of allylic oxidation sites excluding steroid dienone is 1. The molecule has 88 valence electrons. The van der Waals surface area contributed by atoms with E-state index in [0.29, 0.717) is 0 Å². The van der Waals surface area contributed by atoms with Gasteiger partial charge in [-0.1, -0.05) is 42.6 Å². The molecule has 2 aromatic rings. The minimum absolute atomic E-state index is 1.02. The van der Waals surface area contributed by atoms with Gasteiger partial charge < -0.3 is 4.90 Å². The fraction of sp³-hybridized carbons (Fsp3) is 0.0625. The van der Waals surface area contributed by atoms with Crippen molar-refractivity contribution in [2.45, 2.75) is 16.7 Å². The first-order chi connectivity index (χ1) is 8.81. The zero-order chi connectivity index (χ0) is 12.5. The van der Waals surface area contributed by atoms with Gasteiger partial charge in [0.1, 0.15) is 0 Å². The van der Waals surface area contributed by atoms with E-state index in [2.05, 4.69) is 65.7 Å². The lowest BCUT2D eigenvalue weighted by molar-refractivity contribution is 1.09. The summed E-state index contributed by atoms with van der Waals surface area (Å²) in [6.07, 6.45) is 0. The van der Waals surface area contributed by atoms with E-state index < -0.39 is 0 Å². The normalized spacial score (nSPS) is 12.4. The molecule has 18 heavy (non-hydrogen) atoms. The predicted octanol–water partition coefficient (Wildman–Crippen LogP) is 4.98. The van der Waals surface area contributed by atoms with Crippen LogP contribution in [-0.4, -0.2) is 0 Å². The fourth-order valence-electron chi connectivity index (χ4n) is 2.15. The van der Waals surface area contributed by atoms with Crippen molar-refractivity contribution in [3.8, 4) is 0 Å². The first kappa shape index (κ1) is 11.2. The van der Waals surface area contributed by atoms with E-state index in [0.717, 1.165) is 5.70 Å². The molecular formula is C16H13NS. The average Bonchev–Trinajstić information content (AvgIpc) is 2.44. The van der Waals surface area contributed by atoms with Crippen LogP contribution in [-0.2, 0) is 0 Å². The van der Waals surface area contributed by atoms with Crippen LogP contribution in [0.1, 0.15) is 6.92 Å². The second-order valence-corrected chi connectivity index (χ2v) is 5.22. The highest BCUT2D eigenvalue weighted by Crippen LogP contribution is 2.49. The minimum Gasteiger partial charge on any atom is -0.305 e.